The highest BCUT2D eigenvalue weighted by molar-refractivity contribution is 8.00. The van der Waals surface area contributed by atoms with Crippen molar-refractivity contribution in [3.8, 4) is 11.5 Å². The van der Waals surface area contributed by atoms with E-state index >= 15 is 0 Å². The molecule has 0 radical (unpaired) electrons. The number of rotatable bonds is 12. The SMILES string of the molecule is CCC(Sc1cccc(NC(=O)/C(=C\c2cccc(OC)c2OC)NC(=O)c2ccccc2)c1)C(=O)Nc1ccncc1. The fourth-order valence-electron chi connectivity index (χ4n) is 4.11. The second-order valence-electron chi connectivity index (χ2n) is 9.18. The fraction of sp³-hybridized carbons (Fsp3) is 0.152. The number of amides is 3. The highest BCUT2D eigenvalue weighted by atomic mass is 32.2. The Morgan fingerprint density at radius 2 is 1.60 bits per heavy atom. The van der Waals surface area contributed by atoms with Gasteiger partial charge in [-0.2, -0.15) is 0 Å². The zero-order valence-electron chi connectivity index (χ0n) is 24.0. The number of para-hydroxylation sites is 1. The number of nitrogens with zero attached hydrogens (tertiary/aromatic N) is 1. The lowest BCUT2D eigenvalue weighted by Crippen LogP contribution is -2.30. The van der Waals surface area contributed by atoms with Gasteiger partial charge < -0.3 is 25.4 Å². The average molecular weight is 597 g/mol. The normalized spacial score (nSPS) is 11.7. The largest absolute Gasteiger partial charge is 0.493 e. The smallest absolute Gasteiger partial charge is 0.272 e. The van der Waals surface area contributed by atoms with Gasteiger partial charge in [-0.3, -0.25) is 19.4 Å². The van der Waals surface area contributed by atoms with Crippen LogP contribution in [0.5, 0.6) is 11.5 Å². The molecule has 220 valence electrons. The first-order chi connectivity index (χ1) is 20.9. The van der Waals surface area contributed by atoms with Crippen LogP contribution in [0.3, 0.4) is 0 Å². The van der Waals surface area contributed by atoms with E-state index in [0.717, 1.165) is 4.90 Å². The molecule has 0 bridgehead atoms. The minimum absolute atomic E-state index is 0.00151. The van der Waals surface area contributed by atoms with Crippen LogP contribution < -0.4 is 25.4 Å². The van der Waals surface area contributed by atoms with Gasteiger partial charge in [0.2, 0.25) is 5.91 Å². The Labute approximate surface area is 254 Å². The van der Waals surface area contributed by atoms with Gasteiger partial charge in [-0.25, -0.2) is 0 Å². The van der Waals surface area contributed by atoms with E-state index in [1.807, 2.05) is 13.0 Å². The van der Waals surface area contributed by atoms with Gasteiger partial charge in [-0.15, -0.1) is 11.8 Å². The second-order valence-corrected chi connectivity index (χ2v) is 10.5. The molecule has 0 fully saturated rings. The van der Waals surface area contributed by atoms with E-state index in [2.05, 4.69) is 20.9 Å². The number of benzene rings is 3. The van der Waals surface area contributed by atoms with E-state index in [1.54, 1.807) is 91.3 Å². The highest BCUT2D eigenvalue weighted by Gasteiger charge is 2.20. The third-order valence-corrected chi connectivity index (χ3v) is 7.60. The number of aromatic nitrogens is 1. The molecule has 0 saturated carbocycles. The van der Waals surface area contributed by atoms with E-state index in [9.17, 15) is 14.4 Å². The van der Waals surface area contributed by atoms with Crippen molar-refractivity contribution in [2.75, 3.05) is 24.9 Å². The van der Waals surface area contributed by atoms with Crippen LogP contribution in [-0.2, 0) is 9.59 Å². The Hall–Kier alpha value is -5.09. The van der Waals surface area contributed by atoms with E-state index in [-0.39, 0.29) is 16.9 Å². The zero-order valence-corrected chi connectivity index (χ0v) is 24.8. The standard InChI is InChI=1S/C33H32N4O5S/c1-4-29(33(40)35-24-16-18-34-19-17-24)43-26-14-9-13-25(21-26)36-32(39)27(37-31(38)22-10-6-5-7-11-22)20-23-12-8-15-28(41-2)30(23)42-3/h5-21,29H,4H2,1-3H3,(H,36,39)(H,37,38)(H,34,35,40)/b27-20+. The van der Waals surface area contributed by atoms with Crippen LogP contribution in [0.4, 0.5) is 11.4 Å². The minimum Gasteiger partial charge on any atom is -0.493 e. The van der Waals surface area contributed by atoms with Crippen molar-refractivity contribution in [1.82, 2.24) is 10.3 Å². The fourth-order valence-corrected chi connectivity index (χ4v) is 5.13. The van der Waals surface area contributed by atoms with Crippen molar-refractivity contribution in [3.05, 3.63) is 114 Å². The number of pyridine rings is 1. The molecule has 0 aliphatic carbocycles. The maximum atomic E-state index is 13.6. The number of carbonyl (C=O) groups excluding carboxylic acids is 3. The lowest BCUT2D eigenvalue weighted by Gasteiger charge is -2.16. The number of carbonyl (C=O) groups is 3. The summed E-state index contributed by atoms with van der Waals surface area (Å²) in [5.41, 5.74) is 2.10. The number of nitrogens with one attached hydrogen (secondary N) is 3. The monoisotopic (exact) mass is 596 g/mol. The highest BCUT2D eigenvalue weighted by Crippen LogP contribution is 2.32. The number of ether oxygens (including phenoxy) is 2. The van der Waals surface area contributed by atoms with Gasteiger partial charge in [0.05, 0.1) is 19.5 Å². The number of hydrogen-bond acceptors (Lipinski definition) is 7. The molecule has 1 aromatic heterocycles. The molecule has 4 aromatic rings. The molecule has 3 aromatic carbocycles. The van der Waals surface area contributed by atoms with E-state index in [1.165, 1.54) is 32.1 Å². The quantitative estimate of drug-likeness (QED) is 0.135. The zero-order chi connectivity index (χ0) is 30.6. The molecule has 4 rings (SSSR count). The Morgan fingerprint density at radius 1 is 0.860 bits per heavy atom. The summed E-state index contributed by atoms with van der Waals surface area (Å²) in [6, 6.07) is 24.5. The molecule has 1 unspecified atom stereocenters. The number of hydrogen-bond donors (Lipinski definition) is 3. The van der Waals surface area contributed by atoms with Crippen molar-refractivity contribution in [1.29, 1.82) is 0 Å². The third kappa shape index (κ3) is 8.46. The van der Waals surface area contributed by atoms with Gasteiger partial charge in [0, 0.05) is 39.8 Å². The van der Waals surface area contributed by atoms with E-state index < -0.39 is 11.8 Å². The summed E-state index contributed by atoms with van der Waals surface area (Å²) in [6.07, 6.45) is 5.36. The lowest BCUT2D eigenvalue weighted by molar-refractivity contribution is -0.116. The molecule has 3 N–H and O–H groups in total. The molecule has 9 nitrogen and oxygen atoms in total. The third-order valence-electron chi connectivity index (χ3n) is 6.24. The van der Waals surface area contributed by atoms with Crippen LogP contribution >= 0.6 is 11.8 Å². The minimum atomic E-state index is -0.543. The van der Waals surface area contributed by atoms with Crippen molar-refractivity contribution in [3.63, 3.8) is 0 Å². The van der Waals surface area contributed by atoms with Crippen molar-refractivity contribution in [2.45, 2.75) is 23.5 Å². The number of anilines is 2. The summed E-state index contributed by atoms with van der Waals surface area (Å²) in [5.74, 6) is -0.223. The molecule has 3 amide bonds. The topological polar surface area (TPSA) is 119 Å². The first-order valence-electron chi connectivity index (χ1n) is 13.5. The summed E-state index contributed by atoms with van der Waals surface area (Å²) in [5, 5.41) is 8.16. The molecule has 0 aliphatic heterocycles. The molecule has 0 spiro atoms. The molecular formula is C33H32N4O5S. The Morgan fingerprint density at radius 3 is 2.30 bits per heavy atom. The first-order valence-corrected chi connectivity index (χ1v) is 14.4. The maximum absolute atomic E-state index is 13.6. The van der Waals surface area contributed by atoms with Crippen molar-refractivity contribution in [2.24, 2.45) is 0 Å². The van der Waals surface area contributed by atoms with Gasteiger partial charge in [-0.05, 0) is 61.0 Å². The van der Waals surface area contributed by atoms with Crippen LogP contribution in [0.2, 0.25) is 0 Å². The Bertz CT molecular complexity index is 1600. The van der Waals surface area contributed by atoms with Crippen LogP contribution in [0.25, 0.3) is 6.08 Å². The summed E-state index contributed by atoms with van der Waals surface area (Å²) in [6.45, 7) is 1.94. The van der Waals surface area contributed by atoms with Gasteiger partial charge in [0.25, 0.3) is 11.8 Å². The molecular weight excluding hydrogens is 564 g/mol. The number of methoxy groups -OCH3 is 2. The molecule has 1 heterocycles. The summed E-state index contributed by atoms with van der Waals surface area (Å²) in [4.78, 5) is 44.3. The molecule has 0 saturated heterocycles. The van der Waals surface area contributed by atoms with Gasteiger partial charge >= 0.3 is 0 Å². The van der Waals surface area contributed by atoms with Gasteiger partial charge in [0.1, 0.15) is 5.70 Å². The summed E-state index contributed by atoms with van der Waals surface area (Å²) in [7, 11) is 3.02. The van der Waals surface area contributed by atoms with Crippen LogP contribution in [0.15, 0.2) is 108 Å². The Balaban J connectivity index is 1.56. The van der Waals surface area contributed by atoms with Crippen molar-refractivity contribution >= 4 is 46.9 Å². The van der Waals surface area contributed by atoms with Gasteiger partial charge in [0.15, 0.2) is 11.5 Å². The van der Waals surface area contributed by atoms with E-state index in [4.69, 9.17) is 9.47 Å². The van der Waals surface area contributed by atoms with Crippen LogP contribution in [-0.4, -0.2) is 42.2 Å². The van der Waals surface area contributed by atoms with E-state index in [0.29, 0.717) is 40.4 Å². The van der Waals surface area contributed by atoms with Gasteiger partial charge in [-0.1, -0.05) is 43.3 Å². The predicted molar refractivity (Wildman–Crippen MR) is 169 cm³/mol. The summed E-state index contributed by atoms with van der Waals surface area (Å²) < 4.78 is 10.9. The maximum Gasteiger partial charge on any atom is 0.272 e. The first kappa shape index (κ1) is 30.9. The molecule has 0 aliphatic rings. The van der Waals surface area contributed by atoms with Crippen LogP contribution in [0, 0.1) is 0 Å². The summed E-state index contributed by atoms with van der Waals surface area (Å²) >= 11 is 1.39. The molecule has 1 atom stereocenters. The molecule has 43 heavy (non-hydrogen) atoms. The molecule has 10 heteroatoms. The van der Waals surface area contributed by atoms with Crippen molar-refractivity contribution < 1.29 is 23.9 Å². The predicted octanol–water partition coefficient (Wildman–Crippen LogP) is 6.02. The second kappa shape index (κ2) is 15.2. The number of thioether (sulfide) groups is 1. The van der Waals surface area contributed by atoms with Crippen LogP contribution in [0.1, 0.15) is 29.3 Å². The lowest BCUT2D eigenvalue weighted by atomic mass is 10.1. The average Bonchev–Trinajstić information content (AvgIpc) is 3.04. The Kier molecular flexibility index (Phi) is 10.9.